The smallest absolute Gasteiger partial charge is 0.318 e. The molecule has 0 aliphatic carbocycles. The van der Waals surface area contributed by atoms with Crippen molar-refractivity contribution in [1.82, 2.24) is 15.5 Å². The Morgan fingerprint density at radius 1 is 1.03 bits per heavy atom. The van der Waals surface area contributed by atoms with Crippen LogP contribution in [0.5, 0.6) is 0 Å². The average molecular weight is 415 g/mol. The summed E-state index contributed by atoms with van der Waals surface area (Å²) in [4.78, 5) is 15.0. The lowest BCUT2D eigenvalue weighted by Gasteiger charge is -2.18. The number of aromatic nitrogens is 2. The highest BCUT2D eigenvalue weighted by molar-refractivity contribution is 5.94. The van der Waals surface area contributed by atoms with Gasteiger partial charge < -0.3 is 14.6 Å². The molecule has 1 atom stereocenters. The van der Waals surface area contributed by atoms with Crippen molar-refractivity contribution in [3.05, 3.63) is 77.2 Å². The summed E-state index contributed by atoms with van der Waals surface area (Å²) in [5.41, 5.74) is 2.04. The van der Waals surface area contributed by atoms with Crippen LogP contribution in [-0.4, -0.2) is 29.2 Å². The van der Waals surface area contributed by atoms with E-state index in [1.807, 2.05) is 30.3 Å². The van der Waals surface area contributed by atoms with Gasteiger partial charge in [0, 0.05) is 25.1 Å². The first kappa shape index (κ1) is 20.6. The van der Waals surface area contributed by atoms with Crippen LogP contribution < -0.4 is 10.2 Å². The summed E-state index contributed by atoms with van der Waals surface area (Å²) < 4.78 is 6.03. The molecule has 0 radical (unpaired) electrons. The van der Waals surface area contributed by atoms with Crippen molar-refractivity contribution in [3.63, 3.8) is 0 Å². The normalized spacial score (nSPS) is 15.0. The van der Waals surface area contributed by atoms with Crippen LogP contribution in [0.1, 0.15) is 59.1 Å². The zero-order valence-corrected chi connectivity index (χ0v) is 17.3. The maximum atomic E-state index is 12.9. The summed E-state index contributed by atoms with van der Waals surface area (Å²) in [6, 6.07) is 18.6. The second-order valence-electron chi connectivity index (χ2n) is 7.73. The van der Waals surface area contributed by atoms with Crippen LogP contribution in [0, 0.1) is 11.3 Å². The molecule has 0 bridgehead atoms. The van der Waals surface area contributed by atoms with Gasteiger partial charge in [-0.2, -0.15) is 5.26 Å². The number of benzene rings is 2. The van der Waals surface area contributed by atoms with E-state index >= 15 is 0 Å². The van der Waals surface area contributed by atoms with Crippen LogP contribution in [0.2, 0.25) is 0 Å². The zero-order valence-electron chi connectivity index (χ0n) is 17.3. The summed E-state index contributed by atoms with van der Waals surface area (Å²) in [6.45, 7) is 1.81. The summed E-state index contributed by atoms with van der Waals surface area (Å²) in [6.07, 6.45) is 5.19. The van der Waals surface area contributed by atoms with Gasteiger partial charge in [-0.05, 0) is 42.7 Å². The number of nitrogens with one attached hydrogen (secondary N) is 1. The predicted octanol–water partition coefficient (Wildman–Crippen LogP) is 4.04. The van der Waals surface area contributed by atoms with E-state index in [-0.39, 0.29) is 5.91 Å². The molecule has 0 unspecified atom stereocenters. The Balaban J connectivity index is 1.55. The number of anilines is 1. The maximum Gasteiger partial charge on any atom is 0.318 e. The molecule has 4 rings (SSSR count). The molecule has 1 N–H and O–H groups in total. The molecule has 3 aromatic rings. The Kier molecular flexibility index (Phi) is 6.58. The van der Waals surface area contributed by atoms with Crippen molar-refractivity contribution < 1.29 is 9.21 Å². The van der Waals surface area contributed by atoms with E-state index in [1.165, 1.54) is 12.8 Å². The number of hydrogen-bond donors (Lipinski definition) is 1. The monoisotopic (exact) mass is 415 g/mol. The lowest BCUT2D eigenvalue weighted by atomic mass is 10.0. The number of nitriles is 1. The number of carbonyl (C=O) groups is 1. The highest BCUT2D eigenvalue weighted by atomic mass is 16.4. The summed E-state index contributed by atoms with van der Waals surface area (Å²) in [7, 11) is 0. The van der Waals surface area contributed by atoms with Crippen molar-refractivity contribution in [3.8, 4) is 6.07 Å². The van der Waals surface area contributed by atoms with Gasteiger partial charge in [-0.15, -0.1) is 5.10 Å². The standard InChI is InChI=1S/C24H25N5O2/c25-17-19-10-12-20(13-11-19)22(30)26-21(16-18-8-4-3-5-9-18)23-27-28-24(31-23)29-14-6-1-2-7-15-29/h3-5,8-13,21H,1-2,6-7,14-16H2,(H,26,30)/t21-/m1/s1. The van der Waals surface area contributed by atoms with Gasteiger partial charge >= 0.3 is 6.01 Å². The largest absolute Gasteiger partial charge is 0.406 e. The predicted molar refractivity (Wildman–Crippen MR) is 116 cm³/mol. The van der Waals surface area contributed by atoms with Gasteiger partial charge in [-0.3, -0.25) is 4.79 Å². The Hall–Kier alpha value is -3.66. The molecule has 158 valence electrons. The molecule has 1 aromatic heterocycles. The van der Waals surface area contributed by atoms with Crippen LogP contribution in [0.4, 0.5) is 6.01 Å². The molecule has 0 spiro atoms. The SMILES string of the molecule is N#Cc1ccc(C(=O)N[C@H](Cc2ccccc2)c2nnc(N3CCCCCC3)o2)cc1. The zero-order chi connectivity index (χ0) is 21.5. The van der Waals surface area contributed by atoms with E-state index in [1.54, 1.807) is 24.3 Å². The number of nitrogens with zero attached hydrogens (tertiary/aromatic N) is 4. The third-order valence-corrected chi connectivity index (χ3v) is 5.47. The first-order valence-electron chi connectivity index (χ1n) is 10.7. The van der Waals surface area contributed by atoms with Crippen molar-refractivity contribution in [2.45, 2.75) is 38.1 Å². The molecule has 2 heterocycles. The molecule has 1 amide bonds. The lowest BCUT2D eigenvalue weighted by molar-refractivity contribution is 0.0930. The van der Waals surface area contributed by atoms with Gasteiger partial charge in [-0.25, -0.2) is 0 Å². The molecule has 1 aliphatic heterocycles. The van der Waals surface area contributed by atoms with E-state index in [0.29, 0.717) is 29.5 Å². The van der Waals surface area contributed by atoms with Crippen molar-refractivity contribution >= 4 is 11.9 Å². The molecule has 1 fully saturated rings. The molecule has 7 heteroatoms. The highest BCUT2D eigenvalue weighted by Crippen LogP contribution is 2.23. The third kappa shape index (κ3) is 5.28. The van der Waals surface area contributed by atoms with Crippen molar-refractivity contribution in [2.75, 3.05) is 18.0 Å². The molecule has 1 aliphatic rings. The Morgan fingerprint density at radius 3 is 2.42 bits per heavy atom. The molecule has 31 heavy (non-hydrogen) atoms. The van der Waals surface area contributed by atoms with Gasteiger partial charge in [0.2, 0.25) is 5.89 Å². The van der Waals surface area contributed by atoms with Crippen LogP contribution in [0.3, 0.4) is 0 Å². The highest BCUT2D eigenvalue weighted by Gasteiger charge is 2.24. The molecular weight excluding hydrogens is 390 g/mol. The molecule has 1 saturated heterocycles. The van der Waals surface area contributed by atoms with E-state index in [2.05, 4.69) is 26.5 Å². The topological polar surface area (TPSA) is 95.0 Å². The number of amides is 1. The maximum absolute atomic E-state index is 12.9. The summed E-state index contributed by atoms with van der Waals surface area (Å²) >= 11 is 0. The minimum absolute atomic E-state index is 0.250. The van der Waals surface area contributed by atoms with Gasteiger partial charge in [0.25, 0.3) is 5.91 Å². The third-order valence-electron chi connectivity index (χ3n) is 5.47. The molecule has 0 saturated carbocycles. The van der Waals surface area contributed by atoms with Gasteiger partial charge in [0.05, 0.1) is 11.6 Å². The number of hydrogen-bond acceptors (Lipinski definition) is 6. The fraction of sp³-hybridized carbons (Fsp3) is 0.333. The van der Waals surface area contributed by atoms with Gasteiger partial charge in [0.1, 0.15) is 6.04 Å². The first-order valence-corrected chi connectivity index (χ1v) is 10.7. The lowest BCUT2D eigenvalue weighted by Crippen LogP contribution is -2.30. The van der Waals surface area contributed by atoms with E-state index in [9.17, 15) is 4.79 Å². The van der Waals surface area contributed by atoms with Crippen LogP contribution in [-0.2, 0) is 6.42 Å². The van der Waals surface area contributed by atoms with Gasteiger partial charge in [-0.1, -0.05) is 48.3 Å². The average Bonchev–Trinajstić information content (AvgIpc) is 3.15. The molecule has 7 nitrogen and oxygen atoms in total. The summed E-state index contributed by atoms with van der Waals surface area (Å²) in [5.74, 6) is 0.144. The fourth-order valence-corrected chi connectivity index (χ4v) is 3.74. The van der Waals surface area contributed by atoms with Crippen molar-refractivity contribution in [2.24, 2.45) is 0 Å². The Labute approximate surface area is 181 Å². The van der Waals surface area contributed by atoms with E-state index < -0.39 is 6.04 Å². The summed E-state index contributed by atoms with van der Waals surface area (Å²) in [5, 5.41) is 20.5. The Morgan fingerprint density at radius 2 is 1.74 bits per heavy atom. The molecular formula is C24H25N5O2. The first-order chi connectivity index (χ1) is 15.2. The van der Waals surface area contributed by atoms with Crippen molar-refractivity contribution in [1.29, 1.82) is 5.26 Å². The van der Waals surface area contributed by atoms with E-state index in [4.69, 9.17) is 9.68 Å². The quantitative estimate of drug-likeness (QED) is 0.653. The number of carbonyl (C=O) groups excluding carboxylic acids is 1. The minimum atomic E-state index is -0.459. The Bertz CT molecular complexity index is 1030. The van der Waals surface area contributed by atoms with Crippen LogP contribution >= 0.6 is 0 Å². The number of rotatable bonds is 6. The second kappa shape index (κ2) is 9.90. The molecule has 2 aromatic carbocycles. The minimum Gasteiger partial charge on any atom is -0.406 e. The fourth-order valence-electron chi connectivity index (χ4n) is 3.74. The second-order valence-corrected chi connectivity index (χ2v) is 7.73. The van der Waals surface area contributed by atoms with E-state index in [0.717, 1.165) is 31.5 Å². The van der Waals surface area contributed by atoms with Crippen LogP contribution in [0.15, 0.2) is 59.0 Å². The van der Waals surface area contributed by atoms with Gasteiger partial charge in [0.15, 0.2) is 0 Å². The van der Waals surface area contributed by atoms with Crippen LogP contribution in [0.25, 0.3) is 0 Å².